The number of rotatable bonds is 4. The lowest BCUT2D eigenvalue weighted by Gasteiger charge is -2.07. The first-order chi connectivity index (χ1) is 8.65. The Morgan fingerprint density at radius 2 is 2.06 bits per heavy atom. The molecule has 0 spiro atoms. The number of aromatic nitrogens is 1. The molecule has 1 aromatic carbocycles. The zero-order chi connectivity index (χ0) is 13.1. The number of carbonyl (C=O) groups is 1. The van der Waals surface area contributed by atoms with Crippen molar-refractivity contribution in [3.05, 3.63) is 35.5 Å². The van der Waals surface area contributed by atoms with Gasteiger partial charge in [0.25, 0.3) is 0 Å². The Morgan fingerprint density at radius 1 is 1.33 bits per heavy atom. The Bertz CT molecular complexity index is 533. The van der Waals surface area contributed by atoms with E-state index < -0.39 is 0 Å². The van der Waals surface area contributed by atoms with Gasteiger partial charge in [-0.25, -0.2) is 0 Å². The number of hydrogen-bond donors (Lipinski definition) is 2. The number of aryl methyl sites for hydroxylation is 2. The maximum atomic E-state index is 11.2. The lowest BCUT2D eigenvalue weighted by Crippen LogP contribution is -2.31. The molecule has 0 atom stereocenters. The summed E-state index contributed by atoms with van der Waals surface area (Å²) < 4.78 is 2.18. The van der Waals surface area contributed by atoms with Gasteiger partial charge in [-0.1, -0.05) is 18.2 Å². The van der Waals surface area contributed by atoms with Gasteiger partial charge in [0.15, 0.2) is 0 Å². The highest BCUT2D eigenvalue weighted by atomic mass is 16.1. The lowest BCUT2D eigenvalue weighted by molar-refractivity contribution is -0.119. The summed E-state index contributed by atoms with van der Waals surface area (Å²) in [4.78, 5) is 11.2. The summed E-state index contributed by atoms with van der Waals surface area (Å²) in [5.41, 5.74) is 3.73. The van der Waals surface area contributed by atoms with Crippen molar-refractivity contribution in [1.82, 2.24) is 15.2 Å². The van der Waals surface area contributed by atoms with Crippen molar-refractivity contribution >= 4 is 16.8 Å². The van der Waals surface area contributed by atoms with Crippen molar-refractivity contribution in [3.8, 4) is 0 Å². The number of hydrogen-bond acceptors (Lipinski definition) is 2. The van der Waals surface area contributed by atoms with E-state index in [0.717, 1.165) is 0 Å². The molecule has 1 heterocycles. The van der Waals surface area contributed by atoms with E-state index in [1.807, 2.05) is 6.07 Å². The van der Waals surface area contributed by atoms with Gasteiger partial charge in [-0.2, -0.15) is 0 Å². The van der Waals surface area contributed by atoms with Crippen LogP contribution in [0, 0.1) is 6.92 Å². The number of fused-ring (bicyclic) bond motifs is 1. The minimum Gasteiger partial charge on any atom is -0.358 e. The van der Waals surface area contributed by atoms with Crippen molar-refractivity contribution in [3.63, 3.8) is 0 Å². The second-order valence-corrected chi connectivity index (χ2v) is 4.42. The molecule has 18 heavy (non-hydrogen) atoms. The molecule has 2 N–H and O–H groups in total. The molecule has 0 saturated heterocycles. The van der Waals surface area contributed by atoms with Crippen LogP contribution in [0.5, 0.6) is 0 Å². The minimum absolute atomic E-state index is 0.00594. The van der Waals surface area contributed by atoms with Gasteiger partial charge in [0.05, 0.1) is 6.54 Å². The molecule has 0 saturated carbocycles. The molecule has 0 aliphatic heterocycles. The zero-order valence-electron chi connectivity index (χ0n) is 11.1. The van der Waals surface area contributed by atoms with E-state index >= 15 is 0 Å². The van der Waals surface area contributed by atoms with Gasteiger partial charge in [-0.3, -0.25) is 4.79 Å². The van der Waals surface area contributed by atoms with Gasteiger partial charge in [0.1, 0.15) is 0 Å². The van der Waals surface area contributed by atoms with Crippen molar-refractivity contribution in [2.45, 2.75) is 13.5 Å². The molecule has 4 nitrogen and oxygen atoms in total. The zero-order valence-corrected chi connectivity index (χ0v) is 11.1. The monoisotopic (exact) mass is 245 g/mol. The first-order valence-electron chi connectivity index (χ1n) is 6.09. The molecule has 96 valence electrons. The summed E-state index contributed by atoms with van der Waals surface area (Å²) in [5.74, 6) is 0.00594. The summed E-state index contributed by atoms with van der Waals surface area (Å²) in [7, 11) is 3.71. The Hall–Kier alpha value is -1.81. The molecule has 4 heteroatoms. The molecule has 0 aliphatic rings. The van der Waals surface area contributed by atoms with Crippen molar-refractivity contribution < 1.29 is 4.79 Å². The standard InChI is InChI=1S/C14H19N3O/c1-10-11-6-4-5-7-12(11)17(3)13(10)8-16-9-14(18)15-2/h4-7,16H,8-9H2,1-3H3,(H,15,18). The molecule has 2 rings (SSSR count). The van der Waals surface area contributed by atoms with Crippen LogP contribution in [0.1, 0.15) is 11.3 Å². The van der Waals surface area contributed by atoms with Gasteiger partial charge in [0, 0.05) is 37.2 Å². The van der Waals surface area contributed by atoms with E-state index in [9.17, 15) is 4.79 Å². The maximum Gasteiger partial charge on any atom is 0.233 e. The maximum absolute atomic E-state index is 11.2. The van der Waals surface area contributed by atoms with E-state index in [-0.39, 0.29) is 5.91 Å². The highest BCUT2D eigenvalue weighted by molar-refractivity contribution is 5.85. The smallest absolute Gasteiger partial charge is 0.233 e. The normalized spacial score (nSPS) is 10.8. The Kier molecular flexibility index (Phi) is 3.67. The summed E-state index contributed by atoms with van der Waals surface area (Å²) in [5, 5.41) is 7.04. The largest absolute Gasteiger partial charge is 0.358 e. The van der Waals surface area contributed by atoms with Gasteiger partial charge < -0.3 is 15.2 Å². The number of carbonyl (C=O) groups excluding carboxylic acids is 1. The van der Waals surface area contributed by atoms with Crippen LogP contribution in [-0.2, 0) is 18.4 Å². The third kappa shape index (κ3) is 2.24. The van der Waals surface area contributed by atoms with E-state index in [0.29, 0.717) is 13.1 Å². The number of amides is 1. The SMILES string of the molecule is CNC(=O)CNCc1c(C)c2ccccc2n1C. The molecule has 0 fully saturated rings. The summed E-state index contributed by atoms with van der Waals surface area (Å²) in [6.07, 6.45) is 0. The third-order valence-electron chi connectivity index (χ3n) is 3.36. The van der Waals surface area contributed by atoms with Gasteiger partial charge in [-0.15, -0.1) is 0 Å². The molecule has 1 aromatic heterocycles. The van der Waals surface area contributed by atoms with E-state index in [4.69, 9.17) is 0 Å². The topological polar surface area (TPSA) is 46.1 Å². The number of nitrogens with zero attached hydrogens (tertiary/aromatic N) is 1. The third-order valence-corrected chi connectivity index (χ3v) is 3.36. The fraction of sp³-hybridized carbons (Fsp3) is 0.357. The highest BCUT2D eigenvalue weighted by Crippen LogP contribution is 2.23. The van der Waals surface area contributed by atoms with Crippen LogP contribution >= 0.6 is 0 Å². The minimum atomic E-state index is 0.00594. The van der Waals surface area contributed by atoms with Crippen LogP contribution in [0.4, 0.5) is 0 Å². The predicted molar refractivity (Wildman–Crippen MR) is 73.4 cm³/mol. The van der Waals surface area contributed by atoms with E-state index in [1.54, 1.807) is 7.05 Å². The highest BCUT2D eigenvalue weighted by Gasteiger charge is 2.10. The molecule has 0 aliphatic carbocycles. The first kappa shape index (κ1) is 12.6. The molecule has 1 amide bonds. The second kappa shape index (κ2) is 5.23. The van der Waals surface area contributed by atoms with Crippen molar-refractivity contribution in [2.24, 2.45) is 7.05 Å². The molecular weight excluding hydrogens is 226 g/mol. The summed E-state index contributed by atoms with van der Waals surface area (Å²) in [6.45, 7) is 3.17. The lowest BCUT2D eigenvalue weighted by atomic mass is 10.1. The summed E-state index contributed by atoms with van der Waals surface area (Å²) >= 11 is 0. The molecule has 0 radical (unpaired) electrons. The van der Waals surface area contributed by atoms with Crippen LogP contribution in [0.2, 0.25) is 0 Å². The van der Waals surface area contributed by atoms with Crippen LogP contribution in [0.25, 0.3) is 10.9 Å². The molecule has 2 aromatic rings. The van der Waals surface area contributed by atoms with Gasteiger partial charge >= 0.3 is 0 Å². The Morgan fingerprint density at radius 3 is 2.72 bits per heavy atom. The van der Waals surface area contributed by atoms with Crippen LogP contribution in [-0.4, -0.2) is 24.1 Å². The number of benzene rings is 1. The molecule has 0 bridgehead atoms. The van der Waals surface area contributed by atoms with Crippen LogP contribution < -0.4 is 10.6 Å². The Balaban J connectivity index is 2.20. The molecular formula is C14H19N3O. The fourth-order valence-corrected chi connectivity index (χ4v) is 2.27. The van der Waals surface area contributed by atoms with Crippen LogP contribution in [0.15, 0.2) is 24.3 Å². The Labute approximate surface area is 107 Å². The number of para-hydroxylation sites is 1. The number of nitrogens with one attached hydrogen (secondary N) is 2. The average Bonchev–Trinajstić information content (AvgIpc) is 2.64. The van der Waals surface area contributed by atoms with Crippen molar-refractivity contribution in [1.29, 1.82) is 0 Å². The predicted octanol–water partition coefficient (Wildman–Crippen LogP) is 1.32. The van der Waals surface area contributed by atoms with Gasteiger partial charge in [0.2, 0.25) is 5.91 Å². The van der Waals surface area contributed by atoms with Gasteiger partial charge in [-0.05, 0) is 18.6 Å². The average molecular weight is 245 g/mol. The fourth-order valence-electron chi connectivity index (χ4n) is 2.27. The first-order valence-corrected chi connectivity index (χ1v) is 6.09. The van der Waals surface area contributed by atoms with E-state index in [1.165, 1.54) is 22.2 Å². The quantitative estimate of drug-likeness (QED) is 0.853. The van der Waals surface area contributed by atoms with E-state index in [2.05, 4.69) is 47.4 Å². The van der Waals surface area contributed by atoms with Crippen molar-refractivity contribution in [2.75, 3.05) is 13.6 Å². The number of likely N-dealkylation sites (N-methyl/N-ethyl adjacent to an activating group) is 1. The summed E-state index contributed by atoms with van der Waals surface area (Å²) in [6, 6.07) is 8.35. The molecule has 0 unspecified atom stereocenters. The van der Waals surface area contributed by atoms with Crippen LogP contribution in [0.3, 0.4) is 0 Å². The second-order valence-electron chi connectivity index (χ2n) is 4.42.